The summed E-state index contributed by atoms with van der Waals surface area (Å²) in [6.07, 6.45) is 0.288. The van der Waals surface area contributed by atoms with E-state index in [0.717, 1.165) is 11.1 Å². The number of rotatable bonds is 6. The highest BCUT2D eigenvalue weighted by Crippen LogP contribution is 2.28. The number of nitrogens with one attached hydrogen (secondary N) is 2. The van der Waals surface area contributed by atoms with Gasteiger partial charge in [0.05, 0.1) is 11.3 Å². The van der Waals surface area contributed by atoms with Gasteiger partial charge in [0.15, 0.2) is 0 Å². The predicted octanol–water partition coefficient (Wildman–Crippen LogP) is 4.21. The molecule has 3 rings (SSSR count). The highest BCUT2D eigenvalue weighted by molar-refractivity contribution is 6.03. The zero-order chi connectivity index (χ0) is 19.1. The summed E-state index contributed by atoms with van der Waals surface area (Å²) in [4.78, 5) is 24.8. The first-order valence-corrected chi connectivity index (χ1v) is 8.90. The smallest absolute Gasteiger partial charge is 0.253 e. The van der Waals surface area contributed by atoms with Crippen molar-refractivity contribution in [1.29, 1.82) is 0 Å². The van der Waals surface area contributed by atoms with Crippen molar-refractivity contribution in [3.63, 3.8) is 0 Å². The maximum atomic E-state index is 12.8. The van der Waals surface area contributed by atoms with Crippen LogP contribution in [0.25, 0.3) is 0 Å². The lowest BCUT2D eigenvalue weighted by atomic mass is 9.88. The largest absolute Gasteiger partial charge is 0.355 e. The average molecular weight is 358 g/mol. The molecule has 2 amide bonds. The lowest BCUT2D eigenvalue weighted by Gasteiger charge is -2.18. The first-order valence-electron chi connectivity index (χ1n) is 8.90. The molecule has 0 heterocycles. The van der Waals surface area contributed by atoms with Crippen molar-refractivity contribution in [3.8, 4) is 0 Å². The van der Waals surface area contributed by atoms with Crippen molar-refractivity contribution in [2.24, 2.45) is 0 Å². The molecule has 0 spiro atoms. The summed E-state index contributed by atoms with van der Waals surface area (Å²) in [5, 5.41) is 5.49. The van der Waals surface area contributed by atoms with Crippen LogP contribution in [0.4, 0.5) is 5.69 Å². The van der Waals surface area contributed by atoms with Gasteiger partial charge in [-0.3, -0.25) is 9.59 Å². The lowest BCUT2D eigenvalue weighted by Crippen LogP contribution is -2.22. The number of para-hydroxylation sites is 1. The van der Waals surface area contributed by atoms with E-state index in [9.17, 15) is 9.59 Å². The van der Waals surface area contributed by atoms with E-state index in [1.54, 1.807) is 31.3 Å². The standard InChI is InChI=1S/C23H22N2O2/c1-24-23(27)19-14-8-9-15-21(19)25-22(26)16-20(17-10-4-2-5-11-17)18-12-6-3-7-13-18/h2-15,20H,16H2,1H3,(H,24,27)(H,25,26). The molecule has 0 aliphatic heterocycles. The second-order valence-corrected chi connectivity index (χ2v) is 6.25. The Morgan fingerprint density at radius 3 is 1.85 bits per heavy atom. The monoisotopic (exact) mass is 358 g/mol. The zero-order valence-corrected chi connectivity index (χ0v) is 15.2. The molecule has 0 aliphatic carbocycles. The van der Waals surface area contributed by atoms with Crippen LogP contribution < -0.4 is 10.6 Å². The quantitative estimate of drug-likeness (QED) is 0.693. The normalized spacial score (nSPS) is 10.4. The van der Waals surface area contributed by atoms with Gasteiger partial charge >= 0.3 is 0 Å². The van der Waals surface area contributed by atoms with Crippen molar-refractivity contribution in [3.05, 3.63) is 102 Å². The molecule has 0 saturated heterocycles. The Morgan fingerprint density at radius 1 is 0.778 bits per heavy atom. The van der Waals surface area contributed by atoms with Crippen molar-refractivity contribution >= 4 is 17.5 Å². The second-order valence-electron chi connectivity index (χ2n) is 6.25. The summed E-state index contributed by atoms with van der Waals surface area (Å²) in [6.45, 7) is 0. The first-order chi connectivity index (χ1) is 13.2. The third-order valence-corrected chi connectivity index (χ3v) is 4.47. The van der Waals surface area contributed by atoms with E-state index in [1.165, 1.54) is 0 Å². The van der Waals surface area contributed by atoms with Crippen molar-refractivity contribution in [2.45, 2.75) is 12.3 Å². The fraction of sp³-hybridized carbons (Fsp3) is 0.130. The molecule has 3 aromatic rings. The van der Waals surface area contributed by atoms with Gasteiger partial charge < -0.3 is 10.6 Å². The number of carbonyl (C=O) groups excluding carboxylic acids is 2. The summed E-state index contributed by atoms with van der Waals surface area (Å²) in [6, 6.07) is 27.0. The number of amides is 2. The number of hydrogen-bond donors (Lipinski definition) is 2. The Hall–Kier alpha value is -3.40. The van der Waals surface area contributed by atoms with Gasteiger partial charge in [-0.15, -0.1) is 0 Å². The van der Waals surface area contributed by atoms with E-state index in [1.807, 2.05) is 60.7 Å². The maximum Gasteiger partial charge on any atom is 0.253 e. The number of anilines is 1. The van der Waals surface area contributed by atoms with Crippen LogP contribution in [0, 0.1) is 0 Å². The van der Waals surface area contributed by atoms with E-state index < -0.39 is 0 Å². The maximum absolute atomic E-state index is 12.8. The van der Waals surface area contributed by atoms with Crippen molar-refractivity contribution in [2.75, 3.05) is 12.4 Å². The lowest BCUT2D eigenvalue weighted by molar-refractivity contribution is -0.116. The fourth-order valence-electron chi connectivity index (χ4n) is 3.11. The summed E-state index contributed by atoms with van der Waals surface area (Å²) in [5.74, 6) is -0.419. The number of hydrogen-bond acceptors (Lipinski definition) is 2. The molecule has 4 heteroatoms. The van der Waals surface area contributed by atoms with Gasteiger partial charge in [-0.2, -0.15) is 0 Å². The van der Waals surface area contributed by atoms with Crippen LogP contribution in [-0.2, 0) is 4.79 Å². The third-order valence-electron chi connectivity index (χ3n) is 4.47. The van der Waals surface area contributed by atoms with Gasteiger partial charge in [-0.25, -0.2) is 0 Å². The topological polar surface area (TPSA) is 58.2 Å². The van der Waals surface area contributed by atoms with Crippen LogP contribution in [0.1, 0.15) is 33.8 Å². The first kappa shape index (κ1) is 18.4. The van der Waals surface area contributed by atoms with Gasteiger partial charge in [-0.1, -0.05) is 72.8 Å². The Labute approximate surface area is 159 Å². The SMILES string of the molecule is CNC(=O)c1ccccc1NC(=O)CC(c1ccccc1)c1ccccc1. The molecule has 0 bridgehead atoms. The van der Waals surface area contributed by atoms with Crippen LogP contribution in [-0.4, -0.2) is 18.9 Å². The van der Waals surface area contributed by atoms with E-state index in [0.29, 0.717) is 11.3 Å². The predicted molar refractivity (Wildman–Crippen MR) is 108 cm³/mol. The van der Waals surface area contributed by atoms with Crippen molar-refractivity contribution < 1.29 is 9.59 Å². The van der Waals surface area contributed by atoms with Crippen molar-refractivity contribution in [1.82, 2.24) is 5.32 Å². The summed E-state index contributed by atoms with van der Waals surface area (Å²) in [7, 11) is 1.57. The molecule has 0 aliphatic rings. The van der Waals surface area contributed by atoms with Gasteiger partial charge in [-0.05, 0) is 23.3 Å². The summed E-state index contributed by atoms with van der Waals surface area (Å²) in [5.41, 5.74) is 3.13. The molecule has 0 saturated carbocycles. The van der Waals surface area contributed by atoms with Crippen LogP contribution in [0.2, 0.25) is 0 Å². The Balaban J connectivity index is 1.83. The minimum Gasteiger partial charge on any atom is -0.355 e. The molecular formula is C23H22N2O2. The third kappa shape index (κ3) is 4.61. The minimum atomic E-state index is -0.228. The van der Waals surface area contributed by atoms with Crippen LogP contribution >= 0.6 is 0 Å². The van der Waals surface area contributed by atoms with E-state index in [4.69, 9.17) is 0 Å². The number of carbonyl (C=O) groups is 2. The number of benzene rings is 3. The van der Waals surface area contributed by atoms with Crippen LogP contribution in [0.15, 0.2) is 84.9 Å². The summed E-state index contributed by atoms with van der Waals surface area (Å²) >= 11 is 0. The minimum absolute atomic E-state index is 0.0560. The highest BCUT2D eigenvalue weighted by atomic mass is 16.2. The molecule has 4 nitrogen and oxygen atoms in total. The molecular weight excluding hydrogens is 336 g/mol. The molecule has 0 unspecified atom stereocenters. The van der Waals surface area contributed by atoms with E-state index >= 15 is 0 Å². The molecule has 0 fully saturated rings. The Kier molecular flexibility index (Phi) is 6.00. The van der Waals surface area contributed by atoms with Crippen LogP contribution in [0.3, 0.4) is 0 Å². The highest BCUT2D eigenvalue weighted by Gasteiger charge is 2.19. The van der Waals surface area contributed by atoms with Gasteiger partial charge in [0.25, 0.3) is 5.91 Å². The summed E-state index contributed by atoms with van der Waals surface area (Å²) < 4.78 is 0. The fourth-order valence-corrected chi connectivity index (χ4v) is 3.11. The van der Waals surface area contributed by atoms with Gasteiger partial charge in [0.2, 0.25) is 5.91 Å². The van der Waals surface area contributed by atoms with E-state index in [-0.39, 0.29) is 24.2 Å². The Bertz CT molecular complexity index is 868. The molecule has 2 N–H and O–H groups in total. The Morgan fingerprint density at radius 2 is 1.30 bits per heavy atom. The molecule has 27 heavy (non-hydrogen) atoms. The van der Waals surface area contributed by atoms with Gasteiger partial charge in [0.1, 0.15) is 0 Å². The zero-order valence-electron chi connectivity index (χ0n) is 15.2. The van der Waals surface area contributed by atoms with Gasteiger partial charge in [0, 0.05) is 19.4 Å². The second kappa shape index (κ2) is 8.81. The molecule has 136 valence electrons. The van der Waals surface area contributed by atoms with E-state index in [2.05, 4.69) is 10.6 Å². The molecule has 0 radical (unpaired) electrons. The van der Waals surface area contributed by atoms with Crippen LogP contribution in [0.5, 0.6) is 0 Å². The molecule has 3 aromatic carbocycles. The molecule has 0 atom stereocenters. The molecule has 0 aromatic heterocycles. The average Bonchev–Trinajstić information content (AvgIpc) is 2.73.